The first-order valence-corrected chi connectivity index (χ1v) is 5.12. The van der Waals surface area contributed by atoms with Gasteiger partial charge < -0.3 is 4.57 Å². The lowest BCUT2D eigenvalue weighted by atomic mass is 10.6. The van der Waals surface area contributed by atoms with Crippen LogP contribution in [0.4, 0.5) is 13.2 Å². The molecule has 1 heterocycles. The van der Waals surface area contributed by atoms with E-state index in [1.165, 1.54) is 4.57 Å². The zero-order chi connectivity index (χ0) is 10.8. The monoisotopic (exact) mass is 243 g/mol. The summed E-state index contributed by atoms with van der Waals surface area (Å²) in [5.41, 5.74) is -4.18. The van der Waals surface area contributed by atoms with Crippen LogP contribution in [0, 0.1) is 11.7 Å². The predicted molar refractivity (Wildman–Crippen MR) is 50.7 cm³/mol. The summed E-state index contributed by atoms with van der Waals surface area (Å²) < 4.78 is 37.3. The maximum Gasteiger partial charge on any atom is 0.441 e. The lowest BCUT2D eigenvalue weighted by molar-refractivity contribution is -0.0328. The SMILES string of the molecule is Cc1n[nH]c(=S)n1CCSC(F)(F)F. The summed E-state index contributed by atoms with van der Waals surface area (Å²) >= 11 is 4.77. The van der Waals surface area contributed by atoms with Crippen LogP contribution in [0.1, 0.15) is 5.82 Å². The largest absolute Gasteiger partial charge is 0.441 e. The van der Waals surface area contributed by atoms with Crippen molar-refractivity contribution in [3.63, 3.8) is 0 Å². The van der Waals surface area contributed by atoms with Crippen LogP contribution in [0.25, 0.3) is 0 Å². The molecule has 3 nitrogen and oxygen atoms in total. The maximum atomic E-state index is 11.8. The van der Waals surface area contributed by atoms with E-state index in [0.29, 0.717) is 10.6 Å². The number of H-pyrrole nitrogens is 1. The Balaban J connectivity index is 2.51. The molecule has 8 heteroatoms. The van der Waals surface area contributed by atoms with Gasteiger partial charge in [0.15, 0.2) is 4.77 Å². The third kappa shape index (κ3) is 3.33. The standard InChI is InChI=1S/C6H8F3N3S2/c1-4-10-11-5(13)12(4)2-3-14-6(7,8)9/h2-3H2,1H3,(H,11,13). The number of alkyl halides is 3. The van der Waals surface area contributed by atoms with Crippen molar-refractivity contribution in [1.82, 2.24) is 14.8 Å². The summed E-state index contributed by atoms with van der Waals surface area (Å²) in [6.07, 6.45) is 0. The Morgan fingerprint density at radius 3 is 2.64 bits per heavy atom. The molecule has 0 spiro atoms. The number of nitrogens with one attached hydrogen (secondary N) is 1. The minimum Gasteiger partial charge on any atom is -0.304 e. The summed E-state index contributed by atoms with van der Waals surface area (Å²) in [4.78, 5) is 0. The van der Waals surface area contributed by atoms with Crippen molar-refractivity contribution < 1.29 is 13.2 Å². The summed E-state index contributed by atoms with van der Waals surface area (Å²) in [6.45, 7) is 1.90. The lowest BCUT2D eigenvalue weighted by Crippen LogP contribution is -2.08. The van der Waals surface area contributed by atoms with Gasteiger partial charge >= 0.3 is 5.51 Å². The molecule has 0 radical (unpaired) electrons. The van der Waals surface area contributed by atoms with Gasteiger partial charge in [-0.05, 0) is 30.9 Å². The summed E-state index contributed by atoms with van der Waals surface area (Å²) in [6, 6.07) is 0. The number of hydrogen-bond donors (Lipinski definition) is 1. The highest BCUT2D eigenvalue weighted by atomic mass is 32.2. The minimum atomic E-state index is -4.18. The average Bonchev–Trinajstić information content (AvgIpc) is 2.33. The normalized spacial score (nSPS) is 12.0. The molecule has 0 fully saturated rings. The van der Waals surface area contributed by atoms with Gasteiger partial charge in [0.05, 0.1) is 0 Å². The molecule has 0 atom stereocenters. The quantitative estimate of drug-likeness (QED) is 0.828. The van der Waals surface area contributed by atoms with Crippen LogP contribution < -0.4 is 0 Å². The smallest absolute Gasteiger partial charge is 0.304 e. The molecule has 0 aromatic carbocycles. The van der Waals surface area contributed by atoms with E-state index in [0.717, 1.165) is 0 Å². The van der Waals surface area contributed by atoms with Gasteiger partial charge in [-0.1, -0.05) is 0 Å². The number of aryl methyl sites for hydroxylation is 1. The van der Waals surface area contributed by atoms with Crippen molar-refractivity contribution in [3.05, 3.63) is 10.6 Å². The summed E-state index contributed by atoms with van der Waals surface area (Å²) in [5.74, 6) is 0.538. The van der Waals surface area contributed by atoms with Gasteiger partial charge in [0.1, 0.15) is 5.82 Å². The third-order valence-electron chi connectivity index (χ3n) is 1.53. The van der Waals surface area contributed by atoms with Gasteiger partial charge in [-0.2, -0.15) is 18.3 Å². The molecule has 0 aliphatic heterocycles. The van der Waals surface area contributed by atoms with E-state index < -0.39 is 5.51 Å². The van der Waals surface area contributed by atoms with Crippen molar-refractivity contribution in [2.24, 2.45) is 0 Å². The van der Waals surface area contributed by atoms with Crippen LogP contribution in [0.15, 0.2) is 0 Å². The van der Waals surface area contributed by atoms with Crippen molar-refractivity contribution in [1.29, 1.82) is 0 Å². The third-order valence-corrected chi connectivity index (χ3v) is 2.56. The summed E-state index contributed by atoms with van der Waals surface area (Å²) in [5, 5.41) is 6.30. The zero-order valence-electron chi connectivity index (χ0n) is 7.26. The fraction of sp³-hybridized carbons (Fsp3) is 0.667. The first-order chi connectivity index (χ1) is 6.40. The maximum absolute atomic E-state index is 11.8. The van der Waals surface area contributed by atoms with E-state index in [1.807, 2.05) is 0 Å². The Labute approximate surface area is 87.7 Å². The van der Waals surface area contributed by atoms with E-state index in [2.05, 4.69) is 10.2 Å². The molecule has 0 aliphatic carbocycles. The average molecular weight is 243 g/mol. The number of thioether (sulfide) groups is 1. The number of nitrogens with zero attached hydrogens (tertiary/aromatic N) is 2. The van der Waals surface area contributed by atoms with Crippen LogP contribution in [0.3, 0.4) is 0 Å². The number of hydrogen-bond acceptors (Lipinski definition) is 3. The van der Waals surface area contributed by atoms with Crippen molar-refractivity contribution >= 4 is 24.0 Å². The van der Waals surface area contributed by atoms with Gasteiger partial charge in [-0.3, -0.25) is 5.10 Å². The second kappa shape index (κ2) is 4.35. The summed E-state index contributed by atoms with van der Waals surface area (Å²) in [7, 11) is 0. The van der Waals surface area contributed by atoms with E-state index >= 15 is 0 Å². The molecule has 14 heavy (non-hydrogen) atoms. The first-order valence-electron chi connectivity index (χ1n) is 3.72. The molecule has 0 amide bonds. The van der Waals surface area contributed by atoms with Crippen LogP contribution in [0.5, 0.6) is 0 Å². The Hall–Kier alpha value is -0.500. The molecule has 0 saturated carbocycles. The van der Waals surface area contributed by atoms with Crippen LogP contribution in [0.2, 0.25) is 0 Å². The van der Waals surface area contributed by atoms with Gasteiger partial charge in [0.2, 0.25) is 0 Å². The Morgan fingerprint density at radius 2 is 2.21 bits per heavy atom. The van der Waals surface area contributed by atoms with Crippen LogP contribution in [-0.4, -0.2) is 26.0 Å². The number of aromatic nitrogens is 3. The molecule has 80 valence electrons. The molecule has 1 N–H and O–H groups in total. The highest BCUT2D eigenvalue weighted by Gasteiger charge is 2.27. The van der Waals surface area contributed by atoms with Gasteiger partial charge in [0.25, 0.3) is 0 Å². The molecule has 1 aromatic rings. The molecule has 1 rings (SSSR count). The van der Waals surface area contributed by atoms with Crippen molar-refractivity contribution in [3.8, 4) is 0 Å². The number of aromatic amines is 1. The molecule has 0 bridgehead atoms. The predicted octanol–water partition coefficient (Wildman–Crippen LogP) is 2.50. The molecular formula is C6H8F3N3S2. The number of rotatable bonds is 3. The van der Waals surface area contributed by atoms with Crippen molar-refractivity contribution in [2.45, 2.75) is 19.0 Å². The van der Waals surface area contributed by atoms with Crippen LogP contribution >= 0.6 is 24.0 Å². The fourth-order valence-electron chi connectivity index (χ4n) is 0.912. The fourth-order valence-corrected chi connectivity index (χ4v) is 1.69. The molecule has 1 aromatic heterocycles. The molecule has 0 aliphatic rings. The Bertz CT molecular complexity index is 354. The van der Waals surface area contributed by atoms with E-state index in [9.17, 15) is 13.2 Å². The zero-order valence-corrected chi connectivity index (χ0v) is 8.89. The van der Waals surface area contributed by atoms with Gasteiger partial charge in [-0.15, -0.1) is 0 Å². The lowest BCUT2D eigenvalue weighted by Gasteiger charge is -2.06. The van der Waals surface area contributed by atoms with E-state index in [1.54, 1.807) is 6.92 Å². The Morgan fingerprint density at radius 1 is 1.57 bits per heavy atom. The number of halogens is 3. The van der Waals surface area contributed by atoms with E-state index in [-0.39, 0.29) is 24.1 Å². The minimum absolute atomic E-state index is 0.0574. The molecule has 0 saturated heterocycles. The Kier molecular flexibility index (Phi) is 3.59. The second-order valence-corrected chi connectivity index (χ2v) is 4.07. The van der Waals surface area contributed by atoms with Gasteiger partial charge in [0, 0.05) is 12.3 Å². The van der Waals surface area contributed by atoms with Gasteiger partial charge in [-0.25, -0.2) is 0 Å². The second-order valence-electron chi connectivity index (χ2n) is 2.52. The van der Waals surface area contributed by atoms with Crippen molar-refractivity contribution in [2.75, 3.05) is 5.75 Å². The molecule has 0 unspecified atom stereocenters. The first kappa shape index (κ1) is 11.6. The molecular weight excluding hydrogens is 235 g/mol. The highest BCUT2D eigenvalue weighted by Crippen LogP contribution is 2.29. The van der Waals surface area contributed by atoms with E-state index in [4.69, 9.17) is 12.2 Å². The van der Waals surface area contributed by atoms with Crippen LogP contribution in [-0.2, 0) is 6.54 Å². The highest BCUT2D eigenvalue weighted by molar-refractivity contribution is 8.00. The topological polar surface area (TPSA) is 33.6 Å².